The molecule has 0 saturated carbocycles. The van der Waals surface area contributed by atoms with E-state index in [0.717, 1.165) is 6.42 Å². The van der Waals surface area contributed by atoms with E-state index < -0.39 is 61.0 Å². The smallest absolute Gasteiger partial charge is 0.350 e. The van der Waals surface area contributed by atoms with Crippen LogP contribution in [0.4, 0.5) is 10.6 Å². The maximum atomic E-state index is 12.5. The second-order valence-electron chi connectivity index (χ2n) is 12.0. The number of imidazole rings is 1. The third kappa shape index (κ3) is 7.70. The molecule has 2 amide bonds. The van der Waals surface area contributed by atoms with Gasteiger partial charge in [0, 0.05) is 26.1 Å². The van der Waals surface area contributed by atoms with Gasteiger partial charge in [-0.05, 0) is 25.8 Å². The molecule has 0 spiro atoms. The molecule has 0 aliphatic carbocycles. The topological polar surface area (TPSA) is 297 Å². The van der Waals surface area contributed by atoms with Crippen LogP contribution < -0.4 is 17.2 Å². The minimum absolute atomic E-state index is 0.0769. The Morgan fingerprint density at radius 2 is 1.85 bits per heavy atom. The predicted octanol–water partition coefficient (Wildman–Crippen LogP) is -3.22. The number of hydrogen-bond acceptors (Lipinski definition) is 16. The maximum Gasteiger partial charge on any atom is 0.350 e. The summed E-state index contributed by atoms with van der Waals surface area (Å²) in [6.07, 6.45) is -1.69. The number of urea groups is 1. The molecule has 260 valence electrons. The first-order valence-electron chi connectivity index (χ1n) is 15.5. The van der Waals surface area contributed by atoms with Crippen LogP contribution in [-0.4, -0.2) is 160 Å². The summed E-state index contributed by atoms with van der Waals surface area (Å²) in [6, 6.07) is -1.65. The van der Waals surface area contributed by atoms with E-state index in [0.29, 0.717) is 43.6 Å². The van der Waals surface area contributed by atoms with Gasteiger partial charge in [-0.15, -0.1) is 0 Å². The van der Waals surface area contributed by atoms with E-state index in [1.165, 1.54) is 22.1 Å². The molecule has 47 heavy (non-hydrogen) atoms. The Morgan fingerprint density at radius 1 is 1.06 bits per heavy atom. The molecule has 2 aromatic rings. The largest absolute Gasteiger partial charge is 0.480 e. The van der Waals surface area contributed by atoms with Gasteiger partial charge in [0.1, 0.15) is 55.2 Å². The van der Waals surface area contributed by atoms with Crippen molar-refractivity contribution in [2.24, 2.45) is 16.5 Å². The Kier molecular flexibility index (Phi) is 11.0. The lowest BCUT2D eigenvalue weighted by molar-refractivity contribution is -0.138. The van der Waals surface area contributed by atoms with Crippen LogP contribution in [-0.2, 0) is 14.3 Å². The van der Waals surface area contributed by atoms with Gasteiger partial charge in [0.15, 0.2) is 17.7 Å². The van der Waals surface area contributed by atoms with Gasteiger partial charge in [-0.2, -0.15) is 4.99 Å². The first kappa shape index (κ1) is 34.6. The number of unbranched alkanes of at least 4 members (excludes halogenated alkanes) is 2. The van der Waals surface area contributed by atoms with Crippen LogP contribution in [0.3, 0.4) is 0 Å². The van der Waals surface area contributed by atoms with Gasteiger partial charge in [-0.1, -0.05) is 6.42 Å². The average molecular weight is 666 g/mol. The third-order valence-corrected chi connectivity index (χ3v) is 8.75. The number of nitrogens with two attached hydrogens (primary N) is 3. The number of hydrogen-bond donors (Lipinski definition) is 8. The van der Waals surface area contributed by atoms with E-state index in [1.807, 2.05) is 4.90 Å². The lowest BCUT2D eigenvalue weighted by Gasteiger charge is -2.36. The summed E-state index contributed by atoms with van der Waals surface area (Å²) in [5, 5.41) is 50.5. The molecule has 2 saturated heterocycles. The van der Waals surface area contributed by atoms with Crippen molar-refractivity contribution < 1.29 is 44.6 Å². The van der Waals surface area contributed by atoms with E-state index in [9.17, 15) is 35.1 Å². The lowest BCUT2D eigenvalue weighted by Crippen LogP contribution is -2.54. The zero-order valence-corrected chi connectivity index (χ0v) is 25.7. The molecule has 5 rings (SSSR count). The van der Waals surface area contributed by atoms with Crippen molar-refractivity contribution in [1.29, 1.82) is 0 Å². The van der Waals surface area contributed by atoms with Crippen molar-refractivity contribution in [3.8, 4) is 0 Å². The highest BCUT2D eigenvalue weighted by atomic mass is 16.6. The van der Waals surface area contributed by atoms with E-state index >= 15 is 0 Å². The number of ether oxygens (including phenoxy) is 2. The number of carboxylic acid groups (broad SMARTS) is 1. The quantitative estimate of drug-likeness (QED) is 0.0868. The molecule has 0 aromatic carbocycles. The van der Waals surface area contributed by atoms with E-state index in [-0.39, 0.29) is 44.4 Å². The molecule has 20 heteroatoms. The Morgan fingerprint density at radius 3 is 2.57 bits per heavy atom. The number of carbonyl (C=O) groups excluding carboxylic acids is 1. The minimum Gasteiger partial charge on any atom is -0.480 e. The van der Waals surface area contributed by atoms with Gasteiger partial charge in [-0.3, -0.25) is 14.3 Å². The van der Waals surface area contributed by atoms with Crippen molar-refractivity contribution >= 4 is 34.9 Å². The standard InChI is InChI=1S/C27H43N11O9/c28-14(25(43)44)4-7-35(9-16-20(41)21(42)24(47-16)37-12-33-19-22(29)31-11-32-23(19)37)5-2-1-3-6-36-13-38(27(45)34-26(36)30)18-8-15(40)17(10-39)46-18/h11-12,14-18,20-21,24,39-42H,1-10,13,28H2,(H,43,44)(H2,29,31,32)(H2,30,34,45)/t14?,15-,16+,17+,18+,20+,21+,24+/m0/s1. The van der Waals surface area contributed by atoms with Crippen molar-refractivity contribution in [3.63, 3.8) is 0 Å². The van der Waals surface area contributed by atoms with Crippen molar-refractivity contribution in [1.82, 2.24) is 34.2 Å². The summed E-state index contributed by atoms with van der Waals surface area (Å²) in [5.41, 5.74) is 18.3. The second kappa shape index (κ2) is 15.0. The number of aliphatic hydroxyl groups is 4. The number of aromatic nitrogens is 4. The van der Waals surface area contributed by atoms with Crippen LogP contribution in [0.2, 0.25) is 0 Å². The molecule has 20 nitrogen and oxygen atoms in total. The minimum atomic E-state index is -1.30. The molecule has 3 aliphatic heterocycles. The van der Waals surface area contributed by atoms with Gasteiger partial charge in [0.25, 0.3) is 0 Å². The molecule has 3 aliphatic rings. The molecule has 11 N–H and O–H groups in total. The zero-order chi connectivity index (χ0) is 33.8. The number of carboxylic acids is 1. The lowest BCUT2D eigenvalue weighted by atomic mass is 10.1. The second-order valence-corrected chi connectivity index (χ2v) is 12.0. The Balaban J connectivity index is 1.15. The van der Waals surface area contributed by atoms with Gasteiger partial charge in [-0.25, -0.2) is 19.7 Å². The predicted molar refractivity (Wildman–Crippen MR) is 163 cm³/mol. The van der Waals surface area contributed by atoms with Crippen LogP contribution in [0.15, 0.2) is 17.6 Å². The zero-order valence-electron chi connectivity index (χ0n) is 25.7. The first-order valence-corrected chi connectivity index (χ1v) is 15.5. The van der Waals surface area contributed by atoms with Crippen LogP contribution >= 0.6 is 0 Å². The molecule has 2 fully saturated rings. The monoisotopic (exact) mass is 665 g/mol. The average Bonchev–Trinajstić information content (AvgIpc) is 3.72. The molecule has 0 bridgehead atoms. The third-order valence-electron chi connectivity index (χ3n) is 8.75. The van der Waals surface area contributed by atoms with Gasteiger partial charge < -0.3 is 62.0 Å². The molecule has 1 unspecified atom stereocenters. The Hall–Kier alpha value is -3.76. The Labute approximate surface area is 269 Å². The molecule has 8 atom stereocenters. The van der Waals surface area contributed by atoms with Crippen molar-refractivity contribution in [2.75, 3.05) is 45.2 Å². The van der Waals surface area contributed by atoms with Crippen LogP contribution in [0.5, 0.6) is 0 Å². The highest BCUT2D eigenvalue weighted by Crippen LogP contribution is 2.32. The van der Waals surface area contributed by atoms with E-state index in [1.54, 1.807) is 4.90 Å². The summed E-state index contributed by atoms with van der Waals surface area (Å²) < 4.78 is 13.2. The number of nitrogen functional groups attached to an aromatic ring is 1. The number of guanidine groups is 1. The summed E-state index contributed by atoms with van der Waals surface area (Å²) in [7, 11) is 0. The molecular weight excluding hydrogens is 622 g/mol. The van der Waals surface area contributed by atoms with Gasteiger partial charge >= 0.3 is 12.0 Å². The number of aliphatic carboxylic acids is 1. The number of fused-ring (bicyclic) bond motifs is 1. The van der Waals surface area contributed by atoms with Crippen LogP contribution in [0, 0.1) is 0 Å². The summed E-state index contributed by atoms with van der Waals surface area (Å²) >= 11 is 0. The fourth-order valence-corrected chi connectivity index (χ4v) is 6.00. The van der Waals surface area contributed by atoms with E-state index in [2.05, 4.69) is 19.9 Å². The molecule has 2 aromatic heterocycles. The number of amides is 2. The van der Waals surface area contributed by atoms with Gasteiger partial charge in [0.05, 0.1) is 19.0 Å². The fraction of sp³-hybridized carbons (Fsp3) is 0.704. The maximum absolute atomic E-state index is 12.5. The van der Waals surface area contributed by atoms with Gasteiger partial charge in [0.2, 0.25) is 5.96 Å². The molecule has 5 heterocycles. The Bertz CT molecular complexity index is 1430. The fourth-order valence-electron chi connectivity index (χ4n) is 6.00. The summed E-state index contributed by atoms with van der Waals surface area (Å²) in [6.45, 7) is 1.25. The van der Waals surface area contributed by atoms with Crippen LogP contribution in [0.25, 0.3) is 11.2 Å². The highest BCUT2D eigenvalue weighted by molar-refractivity contribution is 5.93. The molecular formula is C27H43N11O9. The first-order chi connectivity index (χ1) is 22.5. The molecule has 0 radical (unpaired) electrons. The van der Waals surface area contributed by atoms with Crippen LogP contribution in [0.1, 0.15) is 38.3 Å². The number of nitrogens with zero attached hydrogens (tertiary/aromatic N) is 8. The van der Waals surface area contributed by atoms with Crippen molar-refractivity contribution in [2.45, 2.75) is 81.1 Å². The number of rotatable bonds is 15. The summed E-state index contributed by atoms with van der Waals surface area (Å²) in [4.78, 5) is 45.1. The number of aliphatic hydroxyl groups excluding tert-OH is 4. The summed E-state index contributed by atoms with van der Waals surface area (Å²) in [5.74, 6) is -0.879. The normalized spacial score (nSPS) is 28.9. The van der Waals surface area contributed by atoms with E-state index in [4.69, 9.17) is 26.7 Å². The van der Waals surface area contributed by atoms with Crippen molar-refractivity contribution in [3.05, 3.63) is 12.7 Å². The number of anilines is 1. The highest BCUT2D eigenvalue weighted by Gasteiger charge is 2.45. The number of carbonyl (C=O) groups is 2. The SMILES string of the molecule is NC1=NC(=O)N([C@H]2C[C@H](O)[C@@H](CO)O2)CN1CCCCCN(CCC(N)C(=O)O)C[C@H]1O[C@@H](n2cnc3c(N)ncnc32)[C@H](O)[C@@H]1O. The number of aliphatic imine (C=N–C) groups is 1.